The molecule has 2 amide bonds. The highest BCUT2D eigenvalue weighted by Gasteiger charge is 2.41. The number of halogens is 1. The van der Waals surface area contributed by atoms with E-state index < -0.39 is 6.09 Å². The van der Waals surface area contributed by atoms with E-state index in [1.54, 1.807) is 24.3 Å². The van der Waals surface area contributed by atoms with Gasteiger partial charge in [0.1, 0.15) is 0 Å². The lowest BCUT2D eigenvalue weighted by atomic mass is 9.82. The van der Waals surface area contributed by atoms with Crippen molar-refractivity contribution in [1.82, 2.24) is 20.5 Å². The van der Waals surface area contributed by atoms with Crippen LogP contribution < -0.4 is 10.9 Å². The minimum absolute atomic E-state index is 0.00368. The number of piperidine rings is 1. The Morgan fingerprint density at radius 3 is 2.75 bits per heavy atom. The summed E-state index contributed by atoms with van der Waals surface area (Å²) in [4.78, 5) is 26.5. The number of fused-ring (bicyclic) bond motifs is 4. The fraction of sp³-hybridized carbons (Fsp3) is 0.368. The molecule has 1 fully saturated rings. The second-order valence-electron chi connectivity index (χ2n) is 6.90. The summed E-state index contributed by atoms with van der Waals surface area (Å²) in [7, 11) is 1.28. The molecule has 2 aliphatic rings. The van der Waals surface area contributed by atoms with E-state index in [0.717, 1.165) is 30.5 Å². The molecule has 2 atom stereocenters. The highest BCUT2D eigenvalue weighted by atomic mass is 35.5. The first-order valence-corrected chi connectivity index (χ1v) is 9.49. The lowest BCUT2D eigenvalue weighted by molar-refractivity contribution is 0.0394. The Morgan fingerprint density at radius 2 is 2.00 bits per heavy atom. The molecular formula is C19H20ClN5O3. The molecule has 146 valence electrons. The smallest absolute Gasteiger partial charge is 0.425 e. The molecule has 1 saturated heterocycles. The number of nitrogens with one attached hydrogen (secondary N) is 2. The number of aromatic nitrogens is 2. The first kappa shape index (κ1) is 18.5. The zero-order valence-corrected chi connectivity index (χ0v) is 16.1. The van der Waals surface area contributed by atoms with Crippen LogP contribution in [0.1, 0.15) is 46.9 Å². The molecule has 0 saturated carbocycles. The molecule has 2 bridgehead atoms. The van der Waals surface area contributed by atoms with Gasteiger partial charge < -0.3 is 9.64 Å². The van der Waals surface area contributed by atoms with E-state index in [2.05, 4.69) is 25.8 Å². The van der Waals surface area contributed by atoms with Crippen molar-refractivity contribution >= 4 is 29.4 Å². The zero-order valence-electron chi connectivity index (χ0n) is 15.3. The van der Waals surface area contributed by atoms with Crippen LogP contribution >= 0.6 is 11.6 Å². The van der Waals surface area contributed by atoms with Gasteiger partial charge in [-0.25, -0.2) is 10.2 Å². The first-order valence-electron chi connectivity index (χ1n) is 9.11. The highest BCUT2D eigenvalue weighted by Crippen LogP contribution is 2.42. The summed E-state index contributed by atoms with van der Waals surface area (Å²) in [5, 5.41) is 9.04. The molecule has 1 aromatic carbocycles. The third kappa shape index (κ3) is 3.47. The number of hydrogen-bond acceptors (Lipinski definition) is 6. The fourth-order valence-electron chi connectivity index (χ4n) is 3.96. The van der Waals surface area contributed by atoms with Crippen molar-refractivity contribution in [2.75, 3.05) is 12.5 Å². The second kappa shape index (κ2) is 7.63. The van der Waals surface area contributed by atoms with Gasteiger partial charge in [-0.05, 0) is 49.6 Å². The van der Waals surface area contributed by atoms with Crippen LogP contribution in [0.2, 0.25) is 5.02 Å². The number of nitrogens with zero attached hydrogens (tertiary/aromatic N) is 3. The summed E-state index contributed by atoms with van der Waals surface area (Å²) >= 11 is 5.96. The maximum atomic E-state index is 13.2. The van der Waals surface area contributed by atoms with Gasteiger partial charge in [-0.3, -0.25) is 10.2 Å². The molecule has 3 heterocycles. The van der Waals surface area contributed by atoms with Crippen LogP contribution in [0.5, 0.6) is 0 Å². The van der Waals surface area contributed by atoms with E-state index in [1.165, 1.54) is 7.11 Å². The molecule has 2 N–H and O–H groups in total. The van der Waals surface area contributed by atoms with Crippen molar-refractivity contribution in [3.63, 3.8) is 0 Å². The van der Waals surface area contributed by atoms with E-state index >= 15 is 0 Å². The van der Waals surface area contributed by atoms with Gasteiger partial charge >= 0.3 is 6.09 Å². The van der Waals surface area contributed by atoms with Crippen molar-refractivity contribution in [3.8, 4) is 0 Å². The number of hydrazine groups is 1. The van der Waals surface area contributed by atoms with Gasteiger partial charge in [0.2, 0.25) is 0 Å². The standard InChI is InChI=1S/C19H20ClN5O3/c1-28-19(27)24-23-17-10-14-15(21-22-17)9-13-3-2-4-16(14)25(13)18(26)11-5-7-12(20)8-6-11/h5-8,10,13,16H,2-4,9H2,1H3,(H,22,23)(H,24,27). The molecule has 8 nitrogen and oxygen atoms in total. The Labute approximate surface area is 167 Å². The molecule has 2 unspecified atom stereocenters. The molecule has 0 spiro atoms. The number of anilines is 1. The predicted molar refractivity (Wildman–Crippen MR) is 103 cm³/mol. The molecule has 4 rings (SSSR count). The maximum absolute atomic E-state index is 13.2. The molecule has 2 aromatic rings. The number of amides is 2. The van der Waals surface area contributed by atoms with Crippen LogP contribution in [0.3, 0.4) is 0 Å². The largest absolute Gasteiger partial charge is 0.452 e. The first-order chi connectivity index (χ1) is 13.6. The number of ether oxygens (including phenoxy) is 1. The predicted octanol–water partition coefficient (Wildman–Crippen LogP) is 3.11. The van der Waals surface area contributed by atoms with Crippen molar-refractivity contribution in [2.45, 2.75) is 37.8 Å². The average molecular weight is 402 g/mol. The zero-order chi connectivity index (χ0) is 19.7. The molecule has 0 radical (unpaired) electrons. The molecule has 0 aliphatic carbocycles. The highest BCUT2D eigenvalue weighted by molar-refractivity contribution is 6.30. The van der Waals surface area contributed by atoms with Crippen LogP contribution in [0, 0.1) is 0 Å². The Morgan fingerprint density at radius 1 is 1.21 bits per heavy atom. The van der Waals surface area contributed by atoms with Gasteiger partial charge in [-0.15, -0.1) is 5.10 Å². The number of carbonyl (C=O) groups excluding carboxylic acids is 2. The van der Waals surface area contributed by atoms with Crippen LogP contribution in [-0.4, -0.2) is 40.2 Å². The number of rotatable bonds is 3. The molecule has 28 heavy (non-hydrogen) atoms. The summed E-state index contributed by atoms with van der Waals surface area (Å²) in [5.74, 6) is 0.392. The fourth-order valence-corrected chi connectivity index (χ4v) is 4.09. The van der Waals surface area contributed by atoms with E-state index in [-0.39, 0.29) is 18.0 Å². The van der Waals surface area contributed by atoms with Crippen LogP contribution in [0.25, 0.3) is 0 Å². The van der Waals surface area contributed by atoms with Gasteiger partial charge in [0.05, 0.1) is 18.8 Å². The number of methoxy groups -OCH3 is 1. The number of carbonyl (C=O) groups is 2. The average Bonchev–Trinajstić information content (AvgIpc) is 2.72. The third-order valence-electron chi connectivity index (χ3n) is 5.24. The monoisotopic (exact) mass is 401 g/mol. The Bertz CT molecular complexity index is 905. The van der Waals surface area contributed by atoms with E-state index in [4.69, 9.17) is 11.6 Å². The van der Waals surface area contributed by atoms with E-state index in [1.807, 2.05) is 11.0 Å². The topological polar surface area (TPSA) is 96.4 Å². The van der Waals surface area contributed by atoms with Gasteiger partial charge in [0, 0.05) is 28.6 Å². The summed E-state index contributed by atoms with van der Waals surface area (Å²) in [6.07, 6.45) is 2.89. The van der Waals surface area contributed by atoms with Gasteiger partial charge in [0.25, 0.3) is 5.91 Å². The van der Waals surface area contributed by atoms with Crippen molar-refractivity contribution in [2.24, 2.45) is 0 Å². The molecule has 2 aliphatic heterocycles. The van der Waals surface area contributed by atoms with Crippen LogP contribution in [0.15, 0.2) is 30.3 Å². The molecular weight excluding hydrogens is 382 g/mol. The minimum atomic E-state index is -0.628. The van der Waals surface area contributed by atoms with Crippen LogP contribution in [-0.2, 0) is 11.2 Å². The normalized spacial score (nSPS) is 20.1. The van der Waals surface area contributed by atoms with E-state index in [9.17, 15) is 9.59 Å². The van der Waals surface area contributed by atoms with Gasteiger partial charge in [-0.1, -0.05) is 11.6 Å². The Hall–Kier alpha value is -2.87. The SMILES string of the molecule is COC(=O)NNc1cc2c(nn1)CC1CCCC2N1C(=O)c1ccc(Cl)cc1. The van der Waals surface area contributed by atoms with Gasteiger partial charge in [-0.2, -0.15) is 5.10 Å². The Balaban J connectivity index is 1.63. The third-order valence-corrected chi connectivity index (χ3v) is 5.49. The number of benzene rings is 1. The summed E-state index contributed by atoms with van der Waals surface area (Å²) in [6.45, 7) is 0. The number of hydrogen-bond donors (Lipinski definition) is 2. The van der Waals surface area contributed by atoms with Crippen molar-refractivity contribution in [1.29, 1.82) is 0 Å². The van der Waals surface area contributed by atoms with Crippen molar-refractivity contribution < 1.29 is 14.3 Å². The lowest BCUT2D eigenvalue weighted by Gasteiger charge is -2.46. The summed E-state index contributed by atoms with van der Waals surface area (Å²) in [6, 6.07) is 8.85. The quantitative estimate of drug-likeness (QED) is 0.767. The summed E-state index contributed by atoms with van der Waals surface area (Å²) < 4.78 is 4.53. The molecule has 1 aromatic heterocycles. The van der Waals surface area contributed by atoms with E-state index in [0.29, 0.717) is 22.8 Å². The Kier molecular flexibility index (Phi) is 5.04. The lowest BCUT2D eigenvalue weighted by Crippen LogP contribution is -2.50. The van der Waals surface area contributed by atoms with Crippen LogP contribution in [0.4, 0.5) is 10.6 Å². The van der Waals surface area contributed by atoms with Gasteiger partial charge in [0.15, 0.2) is 5.82 Å². The minimum Gasteiger partial charge on any atom is -0.452 e. The summed E-state index contributed by atoms with van der Waals surface area (Å²) in [5.41, 5.74) is 7.54. The van der Waals surface area contributed by atoms with Crippen molar-refractivity contribution in [3.05, 3.63) is 52.2 Å². The second-order valence-corrected chi connectivity index (χ2v) is 7.33. The maximum Gasteiger partial charge on any atom is 0.425 e. The molecule has 9 heteroatoms.